The molecule has 1 heterocycles. The molecule has 0 aromatic carbocycles. The van der Waals surface area contributed by atoms with Gasteiger partial charge in [0.2, 0.25) is 0 Å². The molecule has 0 spiro atoms. The van der Waals surface area contributed by atoms with Gasteiger partial charge in [-0.3, -0.25) is 0 Å². The number of nitrogens with one attached hydrogen (secondary N) is 2. The first-order valence-corrected chi connectivity index (χ1v) is 6.63. The lowest BCUT2D eigenvalue weighted by Gasteiger charge is -2.26. The van der Waals surface area contributed by atoms with Crippen molar-refractivity contribution < 1.29 is 14.7 Å². The van der Waals surface area contributed by atoms with E-state index in [-0.39, 0.29) is 12.5 Å². The Morgan fingerprint density at radius 2 is 2.25 bits per heavy atom. The van der Waals surface area contributed by atoms with Crippen LogP contribution in [0.1, 0.15) is 32.5 Å². The monoisotopic (exact) mass is 281 g/mol. The molecule has 0 bridgehead atoms. The molecule has 3 N–H and O–H groups in total. The fourth-order valence-electron chi connectivity index (χ4n) is 2.11. The Labute approximate surface area is 116 Å². The molecule has 1 aliphatic rings. The van der Waals surface area contributed by atoms with E-state index < -0.39 is 17.5 Å². The minimum Gasteiger partial charge on any atom is -0.480 e. The van der Waals surface area contributed by atoms with Gasteiger partial charge in [-0.2, -0.15) is 0 Å². The fraction of sp³-hybridized carbons (Fsp3) is 0.667. The zero-order valence-electron chi connectivity index (χ0n) is 11.6. The van der Waals surface area contributed by atoms with Crippen LogP contribution in [-0.4, -0.2) is 37.4 Å². The minimum atomic E-state index is -1.21. The van der Waals surface area contributed by atoms with E-state index in [0.717, 1.165) is 12.8 Å². The van der Waals surface area contributed by atoms with Gasteiger partial charge in [0.1, 0.15) is 11.9 Å². The fourth-order valence-corrected chi connectivity index (χ4v) is 2.11. The topological polar surface area (TPSA) is 109 Å². The molecular weight excluding hydrogens is 262 g/mol. The number of aryl methyl sites for hydroxylation is 1. The number of nitrogens with zero attached hydrogens (tertiary/aromatic N) is 3. The Kier molecular flexibility index (Phi) is 3.91. The molecule has 2 amide bonds. The number of carboxylic acid groups (broad SMARTS) is 1. The molecule has 8 heteroatoms. The number of hydrogen-bond donors (Lipinski definition) is 3. The normalized spacial score (nSPS) is 17.3. The maximum atomic E-state index is 11.8. The van der Waals surface area contributed by atoms with Gasteiger partial charge in [0, 0.05) is 6.54 Å². The lowest BCUT2D eigenvalue weighted by atomic mass is 9.96. The van der Waals surface area contributed by atoms with Crippen molar-refractivity contribution in [2.45, 2.75) is 45.3 Å². The summed E-state index contributed by atoms with van der Waals surface area (Å²) in [6, 6.07) is -0.507. The van der Waals surface area contributed by atoms with E-state index in [4.69, 9.17) is 0 Å². The van der Waals surface area contributed by atoms with Crippen molar-refractivity contribution in [1.29, 1.82) is 0 Å². The predicted octanol–water partition coefficient (Wildman–Crippen LogP) is 0.350. The van der Waals surface area contributed by atoms with E-state index in [1.807, 2.05) is 6.92 Å². The molecule has 1 saturated carbocycles. The van der Waals surface area contributed by atoms with Crippen molar-refractivity contribution in [1.82, 2.24) is 25.4 Å². The van der Waals surface area contributed by atoms with E-state index in [1.165, 1.54) is 0 Å². The molecule has 0 saturated heterocycles. The summed E-state index contributed by atoms with van der Waals surface area (Å²) in [5.41, 5.74) is -1.21. The van der Waals surface area contributed by atoms with Gasteiger partial charge in [-0.25, -0.2) is 9.59 Å². The van der Waals surface area contributed by atoms with Gasteiger partial charge in [-0.1, -0.05) is 0 Å². The van der Waals surface area contributed by atoms with Crippen molar-refractivity contribution in [3.63, 3.8) is 0 Å². The number of amides is 2. The van der Waals surface area contributed by atoms with Crippen molar-refractivity contribution in [3.8, 4) is 0 Å². The standard InChI is InChI=1S/C12H19N5O3/c1-3-17-7-14-16-9(17)6-13-11(20)15-12(2,10(18)19)8-4-5-8/h7-8H,3-6H2,1-2H3,(H,18,19)(H2,13,15,20). The lowest BCUT2D eigenvalue weighted by molar-refractivity contribution is -0.144. The van der Waals surface area contributed by atoms with Crippen LogP contribution >= 0.6 is 0 Å². The van der Waals surface area contributed by atoms with E-state index in [2.05, 4.69) is 20.8 Å². The molecule has 1 unspecified atom stereocenters. The summed E-state index contributed by atoms with van der Waals surface area (Å²) < 4.78 is 1.80. The molecule has 110 valence electrons. The molecule has 1 atom stereocenters. The number of carboxylic acids is 1. The summed E-state index contributed by atoms with van der Waals surface area (Å²) in [7, 11) is 0. The second-order valence-corrected chi connectivity index (χ2v) is 5.12. The van der Waals surface area contributed by atoms with E-state index in [1.54, 1.807) is 17.8 Å². The Morgan fingerprint density at radius 3 is 2.80 bits per heavy atom. The van der Waals surface area contributed by atoms with Gasteiger partial charge in [-0.15, -0.1) is 10.2 Å². The Balaban J connectivity index is 1.90. The van der Waals surface area contributed by atoms with Gasteiger partial charge in [-0.05, 0) is 32.6 Å². The molecular formula is C12H19N5O3. The summed E-state index contributed by atoms with van der Waals surface area (Å²) in [6.07, 6.45) is 3.24. The first-order chi connectivity index (χ1) is 9.47. The summed E-state index contributed by atoms with van der Waals surface area (Å²) >= 11 is 0. The molecule has 20 heavy (non-hydrogen) atoms. The maximum absolute atomic E-state index is 11.8. The van der Waals surface area contributed by atoms with Crippen LogP contribution in [0.15, 0.2) is 6.33 Å². The van der Waals surface area contributed by atoms with Crippen LogP contribution in [0.2, 0.25) is 0 Å². The van der Waals surface area contributed by atoms with Crippen molar-refractivity contribution in [2.24, 2.45) is 5.92 Å². The predicted molar refractivity (Wildman–Crippen MR) is 69.8 cm³/mol. The molecule has 1 aliphatic carbocycles. The average molecular weight is 281 g/mol. The second-order valence-electron chi connectivity index (χ2n) is 5.12. The number of hydrogen-bond acceptors (Lipinski definition) is 4. The third-order valence-electron chi connectivity index (χ3n) is 3.65. The third kappa shape index (κ3) is 2.89. The van der Waals surface area contributed by atoms with E-state index in [0.29, 0.717) is 12.4 Å². The number of rotatable bonds is 6. The van der Waals surface area contributed by atoms with Crippen molar-refractivity contribution in [2.75, 3.05) is 0 Å². The maximum Gasteiger partial charge on any atom is 0.329 e. The third-order valence-corrected chi connectivity index (χ3v) is 3.65. The molecule has 1 fully saturated rings. The van der Waals surface area contributed by atoms with Gasteiger partial charge < -0.3 is 20.3 Å². The highest BCUT2D eigenvalue weighted by atomic mass is 16.4. The summed E-state index contributed by atoms with van der Waals surface area (Å²) in [5.74, 6) is -0.372. The van der Waals surface area contributed by atoms with Gasteiger partial charge in [0.15, 0.2) is 5.82 Å². The Morgan fingerprint density at radius 1 is 1.55 bits per heavy atom. The first-order valence-electron chi connectivity index (χ1n) is 6.63. The van der Waals surface area contributed by atoms with Crippen LogP contribution in [-0.2, 0) is 17.9 Å². The van der Waals surface area contributed by atoms with Crippen LogP contribution in [0.25, 0.3) is 0 Å². The van der Waals surface area contributed by atoms with Gasteiger partial charge >= 0.3 is 12.0 Å². The van der Waals surface area contributed by atoms with E-state index >= 15 is 0 Å². The SMILES string of the molecule is CCn1cnnc1CNC(=O)NC(C)(C(=O)O)C1CC1. The summed E-state index contributed by atoms with van der Waals surface area (Å²) in [6.45, 7) is 4.41. The van der Waals surface area contributed by atoms with Crippen LogP contribution in [0.4, 0.5) is 4.79 Å². The number of aliphatic carboxylic acids is 1. The summed E-state index contributed by atoms with van der Waals surface area (Å²) in [5, 5.41) is 22.1. The smallest absolute Gasteiger partial charge is 0.329 e. The van der Waals surface area contributed by atoms with Crippen LogP contribution in [0, 0.1) is 5.92 Å². The minimum absolute atomic E-state index is 0.00467. The summed E-state index contributed by atoms with van der Waals surface area (Å²) in [4.78, 5) is 23.1. The molecule has 1 aromatic rings. The largest absolute Gasteiger partial charge is 0.480 e. The van der Waals surface area contributed by atoms with Crippen molar-refractivity contribution in [3.05, 3.63) is 12.2 Å². The van der Waals surface area contributed by atoms with Crippen LogP contribution in [0.3, 0.4) is 0 Å². The van der Waals surface area contributed by atoms with E-state index in [9.17, 15) is 14.7 Å². The van der Waals surface area contributed by atoms with Crippen LogP contribution in [0.5, 0.6) is 0 Å². The first kappa shape index (κ1) is 14.3. The number of urea groups is 1. The lowest BCUT2D eigenvalue weighted by Crippen LogP contribution is -2.56. The zero-order valence-corrected chi connectivity index (χ0v) is 11.6. The molecule has 0 aliphatic heterocycles. The molecule has 0 radical (unpaired) electrons. The quantitative estimate of drug-likeness (QED) is 0.697. The molecule has 1 aromatic heterocycles. The zero-order chi connectivity index (χ0) is 14.8. The highest BCUT2D eigenvalue weighted by Gasteiger charge is 2.48. The number of carbonyl (C=O) groups is 2. The average Bonchev–Trinajstić information content (AvgIpc) is 3.16. The van der Waals surface area contributed by atoms with Crippen molar-refractivity contribution >= 4 is 12.0 Å². The van der Waals surface area contributed by atoms with Crippen LogP contribution < -0.4 is 10.6 Å². The number of carbonyl (C=O) groups excluding carboxylic acids is 1. The second kappa shape index (κ2) is 5.48. The number of aromatic nitrogens is 3. The highest BCUT2D eigenvalue weighted by Crippen LogP contribution is 2.39. The Hall–Kier alpha value is -2.12. The molecule has 2 rings (SSSR count). The Bertz CT molecular complexity index is 511. The molecule has 8 nitrogen and oxygen atoms in total. The highest BCUT2D eigenvalue weighted by molar-refractivity contribution is 5.86. The van der Waals surface area contributed by atoms with Gasteiger partial charge in [0.05, 0.1) is 6.54 Å². The van der Waals surface area contributed by atoms with Gasteiger partial charge in [0.25, 0.3) is 0 Å².